The maximum absolute atomic E-state index is 11.5. The number of fused-ring (bicyclic) bond motifs is 1. The van der Waals surface area contributed by atoms with E-state index in [1.807, 2.05) is 10.9 Å². The standard InChI is InChI=1S/C12H16N2O2S/c15-11(16)12-3-1-2-9(12)4-14(7-12)5-10-6-17-8-13-10/h6,8-9H,1-5,7H2,(H,15,16)/t9-,12+/m0/s1. The third-order valence-electron chi connectivity index (χ3n) is 4.24. The van der Waals surface area contributed by atoms with Crippen molar-refractivity contribution in [3.05, 3.63) is 16.6 Å². The minimum absolute atomic E-state index is 0.346. The lowest BCUT2D eigenvalue weighted by atomic mass is 9.81. The highest BCUT2D eigenvalue weighted by Crippen LogP contribution is 2.49. The maximum atomic E-state index is 11.5. The van der Waals surface area contributed by atoms with Crippen LogP contribution >= 0.6 is 11.3 Å². The van der Waals surface area contributed by atoms with E-state index < -0.39 is 11.4 Å². The van der Waals surface area contributed by atoms with Crippen molar-refractivity contribution in [1.29, 1.82) is 0 Å². The molecule has 1 aliphatic heterocycles. The number of likely N-dealkylation sites (tertiary alicyclic amines) is 1. The zero-order valence-corrected chi connectivity index (χ0v) is 10.4. The van der Waals surface area contributed by atoms with Gasteiger partial charge in [0.2, 0.25) is 0 Å². The van der Waals surface area contributed by atoms with Gasteiger partial charge in [-0.2, -0.15) is 0 Å². The molecule has 2 aliphatic rings. The second-order valence-electron chi connectivity index (χ2n) is 5.20. The molecule has 0 unspecified atom stereocenters. The minimum Gasteiger partial charge on any atom is -0.481 e. The van der Waals surface area contributed by atoms with Gasteiger partial charge in [-0.3, -0.25) is 9.69 Å². The molecule has 2 fully saturated rings. The van der Waals surface area contributed by atoms with E-state index in [1.165, 1.54) is 0 Å². The molecule has 92 valence electrons. The predicted octanol–water partition coefficient (Wildman–Crippen LogP) is 1.83. The first kappa shape index (κ1) is 11.2. The Morgan fingerprint density at radius 2 is 2.59 bits per heavy atom. The maximum Gasteiger partial charge on any atom is 0.311 e. The van der Waals surface area contributed by atoms with Gasteiger partial charge in [0.25, 0.3) is 0 Å². The first-order valence-corrected chi connectivity index (χ1v) is 6.98. The number of rotatable bonds is 3. The van der Waals surface area contributed by atoms with Gasteiger partial charge in [-0.15, -0.1) is 11.3 Å². The molecule has 0 aromatic carbocycles. The molecule has 0 spiro atoms. The number of hydrogen-bond acceptors (Lipinski definition) is 4. The van der Waals surface area contributed by atoms with Crippen LogP contribution in [0.15, 0.2) is 10.9 Å². The topological polar surface area (TPSA) is 53.4 Å². The molecule has 1 saturated carbocycles. The van der Waals surface area contributed by atoms with Crippen LogP contribution in [-0.2, 0) is 11.3 Å². The summed E-state index contributed by atoms with van der Waals surface area (Å²) in [4.78, 5) is 18.0. The second-order valence-corrected chi connectivity index (χ2v) is 5.92. The lowest BCUT2D eigenvalue weighted by Gasteiger charge is -2.23. The molecule has 1 aromatic heterocycles. The number of carboxylic acid groups (broad SMARTS) is 1. The predicted molar refractivity (Wildman–Crippen MR) is 64.8 cm³/mol. The summed E-state index contributed by atoms with van der Waals surface area (Å²) in [6.45, 7) is 2.42. The number of carbonyl (C=O) groups is 1. The number of aliphatic carboxylic acids is 1. The van der Waals surface area contributed by atoms with Crippen LogP contribution in [0.5, 0.6) is 0 Å². The Morgan fingerprint density at radius 3 is 3.24 bits per heavy atom. The fourth-order valence-corrected chi connectivity index (χ4v) is 3.96. The summed E-state index contributed by atoms with van der Waals surface area (Å²) in [5.74, 6) is -0.251. The fourth-order valence-electron chi connectivity index (χ4n) is 3.41. The van der Waals surface area contributed by atoms with E-state index in [0.717, 1.165) is 38.0 Å². The van der Waals surface area contributed by atoms with Crippen molar-refractivity contribution in [1.82, 2.24) is 9.88 Å². The van der Waals surface area contributed by atoms with Crippen molar-refractivity contribution in [2.24, 2.45) is 11.3 Å². The highest BCUT2D eigenvalue weighted by atomic mass is 32.1. The Kier molecular flexibility index (Phi) is 2.67. The van der Waals surface area contributed by atoms with Gasteiger partial charge in [-0.1, -0.05) is 6.42 Å². The van der Waals surface area contributed by atoms with Gasteiger partial charge in [0.05, 0.1) is 16.6 Å². The average Bonchev–Trinajstić information content (AvgIpc) is 2.92. The van der Waals surface area contributed by atoms with Gasteiger partial charge in [-0.25, -0.2) is 4.98 Å². The quantitative estimate of drug-likeness (QED) is 0.891. The van der Waals surface area contributed by atoms with Gasteiger partial charge in [0.1, 0.15) is 0 Å². The Bertz CT molecular complexity index is 420. The van der Waals surface area contributed by atoms with Crippen LogP contribution in [0.3, 0.4) is 0 Å². The zero-order valence-electron chi connectivity index (χ0n) is 9.63. The highest BCUT2D eigenvalue weighted by molar-refractivity contribution is 7.07. The molecule has 3 rings (SSSR count). The molecule has 1 aromatic rings. The van der Waals surface area contributed by atoms with Crippen molar-refractivity contribution >= 4 is 17.3 Å². The second kappa shape index (κ2) is 4.07. The van der Waals surface area contributed by atoms with Crippen LogP contribution in [-0.4, -0.2) is 34.0 Å². The van der Waals surface area contributed by atoms with Gasteiger partial charge in [0, 0.05) is 25.0 Å². The van der Waals surface area contributed by atoms with Crippen LogP contribution in [0, 0.1) is 11.3 Å². The zero-order chi connectivity index (χ0) is 11.9. The molecule has 1 aliphatic carbocycles. The molecule has 0 radical (unpaired) electrons. The molecule has 0 amide bonds. The first-order valence-electron chi connectivity index (χ1n) is 6.03. The normalized spacial score (nSPS) is 32.8. The van der Waals surface area contributed by atoms with Crippen LogP contribution in [0.25, 0.3) is 0 Å². The lowest BCUT2D eigenvalue weighted by Crippen LogP contribution is -2.35. The van der Waals surface area contributed by atoms with Gasteiger partial charge >= 0.3 is 5.97 Å². The monoisotopic (exact) mass is 252 g/mol. The van der Waals surface area contributed by atoms with Crippen LogP contribution < -0.4 is 0 Å². The third kappa shape index (κ3) is 1.77. The SMILES string of the molecule is O=C(O)[C@@]12CCC[C@H]1CN(Cc1cscn1)C2. The van der Waals surface area contributed by atoms with E-state index in [0.29, 0.717) is 12.5 Å². The summed E-state index contributed by atoms with van der Waals surface area (Å²) in [6, 6.07) is 0. The Labute approximate surface area is 104 Å². The molecule has 0 bridgehead atoms. The number of thiazole rings is 1. The van der Waals surface area contributed by atoms with Crippen molar-refractivity contribution in [3.63, 3.8) is 0 Å². The van der Waals surface area contributed by atoms with Crippen LogP contribution in [0.1, 0.15) is 25.0 Å². The van der Waals surface area contributed by atoms with Crippen molar-refractivity contribution in [2.45, 2.75) is 25.8 Å². The average molecular weight is 252 g/mol. The molecule has 17 heavy (non-hydrogen) atoms. The van der Waals surface area contributed by atoms with E-state index >= 15 is 0 Å². The summed E-state index contributed by atoms with van der Waals surface area (Å²) < 4.78 is 0. The van der Waals surface area contributed by atoms with Gasteiger partial charge < -0.3 is 5.11 Å². The summed E-state index contributed by atoms with van der Waals surface area (Å²) in [5.41, 5.74) is 2.44. The van der Waals surface area contributed by atoms with Gasteiger partial charge in [0.15, 0.2) is 0 Å². The molecule has 2 heterocycles. The highest BCUT2D eigenvalue weighted by Gasteiger charge is 2.54. The smallest absolute Gasteiger partial charge is 0.311 e. The lowest BCUT2D eigenvalue weighted by molar-refractivity contribution is -0.149. The number of nitrogens with zero attached hydrogens (tertiary/aromatic N) is 2. The summed E-state index contributed by atoms with van der Waals surface area (Å²) in [5, 5.41) is 11.5. The van der Waals surface area contributed by atoms with E-state index in [1.54, 1.807) is 11.3 Å². The number of hydrogen-bond donors (Lipinski definition) is 1. The molecule has 1 N–H and O–H groups in total. The molecule has 2 atom stereocenters. The Morgan fingerprint density at radius 1 is 1.71 bits per heavy atom. The molecular weight excluding hydrogens is 236 g/mol. The number of carboxylic acids is 1. The summed E-state index contributed by atoms with van der Waals surface area (Å²) >= 11 is 1.60. The summed E-state index contributed by atoms with van der Waals surface area (Å²) in [7, 11) is 0. The van der Waals surface area contributed by atoms with Crippen LogP contribution in [0.4, 0.5) is 0 Å². The van der Waals surface area contributed by atoms with E-state index in [2.05, 4.69) is 9.88 Å². The Balaban J connectivity index is 1.74. The molecule has 4 nitrogen and oxygen atoms in total. The molecule has 5 heteroatoms. The first-order chi connectivity index (χ1) is 8.21. The third-order valence-corrected chi connectivity index (χ3v) is 4.87. The van der Waals surface area contributed by atoms with E-state index in [4.69, 9.17) is 0 Å². The summed E-state index contributed by atoms with van der Waals surface area (Å²) in [6.07, 6.45) is 2.99. The molecule has 1 saturated heterocycles. The van der Waals surface area contributed by atoms with E-state index in [9.17, 15) is 9.90 Å². The van der Waals surface area contributed by atoms with Crippen molar-refractivity contribution < 1.29 is 9.90 Å². The largest absolute Gasteiger partial charge is 0.481 e. The van der Waals surface area contributed by atoms with Gasteiger partial charge in [-0.05, 0) is 18.8 Å². The van der Waals surface area contributed by atoms with Crippen molar-refractivity contribution in [3.8, 4) is 0 Å². The fraction of sp³-hybridized carbons (Fsp3) is 0.667. The van der Waals surface area contributed by atoms with Crippen molar-refractivity contribution in [2.75, 3.05) is 13.1 Å². The Hall–Kier alpha value is -0.940. The minimum atomic E-state index is -0.597. The number of aromatic nitrogens is 1. The van der Waals surface area contributed by atoms with E-state index in [-0.39, 0.29) is 0 Å². The molecular formula is C12H16N2O2S. The van der Waals surface area contributed by atoms with Crippen LogP contribution in [0.2, 0.25) is 0 Å².